The Kier molecular flexibility index (Phi) is 6.74. The van der Waals surface area contributed by atoms with Crippen molar-refractivity contribution in [3.63, 3.8) is 0 Å². The third-order valence-corrected chi connectivity index (χ3v) is 7.20. The highest BCUT2D eigenvalue weighted by molar-refractivity contribution is 7.89. The number of hydrogen-bond acceptors (Lipinski definition) is 6. The number of sulfonamides is 1. The maximum absolute atomic E-state index is 13.1. The van der Waals surface area contributed by atoms with Crippen LogP contribution in [0.5, 0.6) is 5.75 Å². The number of ether oxygens (including phenoxy) is 1. The lowest BCUT2D eigenvalue weighted by molar-refractivity contribution is -0.385. The van der Waals surface area contributed by atoms with Crippen molar-refractivity contribution in [1.29, 1.82) is 0 Å². The van der Waals surface area contributed by atoms with Crippen molar-refractivity contribution < 1.29 is 18.1 Å². The summed E-state index contributed by atoms with van der Waals surface area (Å²) in [6, 6.07) is 10.00. The predicted octanol–water partition coefficient (Wildman–Crippen LogP) is 3.34. The third kappa shape index (κ3) is 4.80. The zero-order chi connectivity index (χ0) is 21.9. The van der Waals surface area contributed by atoms with Gasteiger partial charge in [0, 0.05) is 24.7 Å². The molecule has 1 saturated heterocycles. The number of methoxy groups -OCH3 is 1. The predicted molar refractivity (Wildman–Crippen MR) is 114 cm³/mol. The van der Waals surface area contributed by atoms with Crippen molar-refractivity contribution in [2.45, 2.75) is 37.6 Å². The molecule has 2 aromatic rings. The van der Waals surface area contributed by atoms with Gasteiger partial charge in [0.25, 0.3) is 5.69 Å². The molecule has 1 N–H and O–H groups in total. The molecule has 1 heterocycles. The topological polar surface area (TPSA) is 102 Å². The molecule has 9 heteroatoms. The van der Waals surface area contributed by atoms with Gasteiger partial charge in [0.15, 0.2) is 0 Å². The summed E-state index contributed by atoms with van der Waals surface area (Å²) in [6.45, 7) is 5.30. The molecule has 0 amide bonds. The zero-order valence-corrected chi connectivity index (χ0v) is 18.2. The maximum atomic E-state index is 13.1. The molecule has 1 atom stereocenters. The second-order valence-electron chi connectivity index (χ2n) is 7.53. The number of benzene rings is 2. The number of aryl methyl sites for hydroxylation is 1. The standard InChI is InChI=1S/C21H27N3O5S/c1-15-12-18(24(25)26)13-21(16(15)2)30(27,28)22-14-20(23-10-4-5-11-23)17-6-8-19(29-3)9-7-17/h6-9,12-13,20,22H,4-5,10-11,14H2,1-3H3/t20-/m0/s1. The van der Waals surface area contributed by atoms with Gasteiger partial charge in [-0.05, 0) is 68.6 Å². The van der Waals surface area contributed by atoms with Crippen LogP contribution in [0.1, 0.15) is 35.6 Å². The van der Waals surface area contributed by atoms with Crippen LogP contribution < -0.4 is 9.46 Å². The van der Waals surface area contributed by atoms with E-state index in [4.69, 9.17) is 4.74 Å². The Morgan fingerprint density at radius 3 is 2.37 bits per heavy atom. The quantitative estimate of drug-likeness (QED) is 0.506. The fraction of sp³-hybridized carbons (Fsp3) is 0.429. The highest BCUT2D eigenvalue weighted by atomic mass is 32.2. The van der Waals surface area contributed by atoms with Crippen LogP contribution in [0.25, 0.3) is 0 Å². The van der Waals surface area contributed by atoms with Crippen molar-refractivity contribution in [3.8, 4) is 5.75 Å². The lowest BCUT2D eigenvalue weighted by Crippen LogP contribution is -2.37. The Hall–Kier alpha value is -2.49. The van der Waals surface area contributed by atoms with E-state index in [0.717, 1.165) is 43.3 Å². The van der Waals surface area contributed by atoms with E-state index in [0.29, 0.717) is 11.1 Å². The molecule has 0 aromatic heterocycles. The normalized spacial score (nSPS) is 15.8. The van der Waals surface area contributed by atoms with Crippen LogP contribution in [0.15, 0.2) is 41.3 Å². The summed E-state index contributed by atoms with van der Waals surface area (Å²) in [5, 5.41) is 11.2. The molecule has 0 bridgehead atoms. The smallest absolute Gasteiger partial charge is 0.271 e. The SMILES string of the molecule is COc1ccc([C@H](CNS(=O)(=O)c2cc([N+](=O)[O-])cc(C)c2C)N2CCCC2)cc1. The van der Waals surface area contributed by atoms with Gasteiger partial charge in [-0.3, -0.25) is 15.0 Å². The maximum Gasteiger partial charge on any atom is 0.271 e. The summed E-state index contributed by atoms with van der Waals surface area (Å²) in [5.74, 6) is 0.738. The van der Waals surface area contributed by atoms with Crippen molar-refractivity contribution >= 4 is 15.7 Å². The molecule has 0 spiro atoms. The Morgan fingerprint density at radius 2 is 1.80 bits per heavy atom. The summed E-state index contributed by atoms with van der Waals surface area (Å²) >= 11 is 0. The van der Waals surface area contributed by atoms with Crippen molar-refractivity contribution in [1.82, 2.24) is 9.62 Å². The number of nitrogens with zero attached hydrogens (tertiary/aromatic N) is 2. The molecule has 0 radical (unpaired) electrons. The van der Waals surface area contributed by atoms with Gasteiger partial charge in [0.1, 0.15) is 5.75 Å². The van der Waals surface area contributed by atoms with E-state index >= 15 is 0 Å². The number of non-ortho nitro benzene ring substituents is 1. The van der Waals surface area contributed by atoms with E-state index in [1.165, 1.54) is 6.07 Å². The minimum Gasteiger partial charge on any atom is -0.497 e. The fourth-order valence-corrected chi connectivity index (χ4v) is 5.17. The van der Waals surface area contributed by atoms with E-state index in [2.05, 4.69) is 9.62 Å². The second kappa shape index (κ2) is 9.11. The first kappa shape index (κ1) is 22.2. The highest BCUT2D eigenvalue weighted by Gasteiger charge is 2.27. The molecule has 30 heavy (non-hydrogen) atoms. The zero-order valence-electron chi connectivity index (χ0n) is 17.4. The fourth-order valence-electron chi connectivity index (χ4n) is 3.80. The number of nitro benzene ring substituents is 1. The van der Waals surface area contributed by atoms with Crippen LogP contribution in [0.3, 0.4) is 0 Å². The molecular weight excluding hydrogens is 406 g/mol. The van der Waals surface area contributed by atoms with Crippen molar-refractivity contribution in [2.24, 2.45) is 0 Å². The van der Waals surface area contributed by atoms with Gasteiger partial charge >= 0.3 is 0 Å². The van der Waals surface area contributed by atoms with E-state index in [-0.39, 0.29) is 23.2 Å². The largest absolute Gasteiger partial charge is 0.497 e. The Labute approximate surface area is 177 Å². The van der Waals surface area contributed by atoms with Gasteiger partial charge < -0.3 is 4.74 Å². The van der Waals surface area contributed by atoms with Crippen LogP contribution in [0.4, 0.5) is 5.69 Å². The van der Waals surface area contributed by atoms with Gasteiger partial charge in [-0.15, -0.1) is 0 Å². The third-order valence-electron chi connectivity index (χ3n) is 5.65. The van der Waals surface area contributed by atoms with Gasteiger partial charge in [-0.1, -0.05) is 12.1 Å². The number of rotatable bonds is 8. The number of nitrogens with one attached hydrogen (secondary N) is 1. The van der Waals surface area contributed by atoms with Gasteiger partial charge in [-0.25, -0.2) is 13.1 Å². The van der Waals surface area contributed by atoms with Crippen LogP contribution in [-0.4, -0.2) is 45.0 Å². The number of likely N-dealkylation sites (tertiary alicyclic amines) is 1. The van der Waals surface area contributed by atoms with E-state index in [9.17, 15) is 18.5 Å². The Balaban J connectivity index is 1.88. The van der Waals surface area contributed by atoms with E-state index in [1.54, 1.807) is 21.0 Å². The Bertz CT molecular complexity index is 1020. The molecule has 3 rings (SSSR count). The summed E-state index contributed by atoms with van der Waals surface area (Å²) in [6.07, 6.45) is 2.14. The van der Waals surface area contributed by atoms with Crippen molar-refractivity contribution in [2.75, 3.05) is 26.7 Å². The second-order valence-corrected chi connectivity index (χ2v) is 9.26. The molecule has 1 fully saturated rings. The van der Waals surface area contributed by atoms with Crippen LogP contribution in [0.2, 0.25) is 0 Å². The van der Waals surface area contributed by atoms with Crippen LogP contribution in [0, 0.1) is 24.0 Å². The monoisotopic (exact) mass is 433 g/mol. The molecule has 8 nitrogen and oxygen atoms in total. The molecule has 162 valence electrons. The van der Waals surface area contributed by atoms with E-state index in [1.807, 2.05) is 24.3 Å². The first-order valence-electron chi connectivity index (χ1n) is 9.86. The average molecular weight is 434 g/mol. The minimum absolute atomic E-state index is 0.0518. The molecular formula is C21H27N3O5S. The summed E-state index contributed by atoms with van der Waals surface area (Å²) in [4.78, 5) is 12.8. The molecule has 0 unspecified atom stereocenters. The minimum atomic E-state index is -3.92. The van der Waals surface area contributed by atoms with Gasteiger partial charge in [-0.2, -0.15) is 0 Å². The average Bonchev–Trinajstić information content (AvgIpc) is 3.24. The number of nitro groups is 1. The van der Waals surface area contributed by atoms with Crippen LogP contribution >= 0.6 is 0 Å². The lowest BCUT2D eigenvalue weighted by atomic mass is 10.1. The van der Waals surface area contributed by atoms with Gasteiger partial charge in [0.2, 0.25) is 10.0 Å². The first-order valence-corrected chi connectivity index (χ1v) is 11.3. The Morgan fingerprint density at radius 1 is 1.17 bits per heavy atom. The van der Waals surface area contributed by atoms with Crippen LogP contribution in [-0.2, 0) is 10.0 Å². The summed E-state index contributed by atoms with van der Waals surface area (Å²) in [7, 11) is -2.32. The number of hydrogen-bond donors (Lipinski definition) is 1. The van der Waals surface area contributed by atoms with Gasteiger partial charge in [0.05, 0.1) is 16.9 Å². The molecule has 1 aliphatic heterocycles. The summed E-state index contributed by atoms with van der Waals surface area (Å²) in [5.41, 5.74) is 1.84. The first-order chi connectivity index (χ1) is 14.2. The summed E-state index contributed by atoms with van der Waals surface area (Å²) < 4.78 is 34.0. The molecule has 0 saturated carbocycles. The molecule has 2 aromatic carbocycles. The van der Waals surface area contributed by atoms with E-state index < -0.39 is 14.9 Å². The molecule has 1 aliphatic rings. The molecule has 0 aliphatic carbocycles. The van der Waals surface area contributed by atoms with Crippen molar-refractivity contribution in [3.05, 3.63) is 63.2 Å². The highest BCUT2D eigenvalue weighted by Crippen LogP contribution is 2.28. The lowest BCUT2D eigenvalue weighted by Gasteiger charge is -2.28.